The van der Waals surface area contributed by atoms with Gasteiger partial charge in [-0.2, -0.15) is 0 Å². The van der Waals surface area contributed by atoms with E-state index in [1.165, 1.54) is 11.1 Å². The van der Waals surface area contributed by atoms with E-state index < -0.39 is 20.9 Å². The molecule has 0 heterocycles. The number of rotatable bonds is 10. The third-order valence-electron chi connectivity index (χ3n) is 6.63. The lowest BCUT2D eigenvalue weighted by Crippen LogP contribution is -2.39. The Kier molecular flexibility index (Phi) is 8.18. The number of esters is 1. The van der Waals surface area contributed by atoms with Gasteiger partial charge in [0.25, 0.3) is 0 Å². The minimum atomic E-state index is -3.36. The first kappa shape index (κ1) is 27.7. The van der Waals surface area contributed by atoms with E-state index in [1.807, 2.05) is 20.8 Å². The Morgan fingerprint density at radius 1 is 1.03 bits per heavy atom. The highest BCUT2D eigenvalue weighted by Crippen LogP contribution is 2.48. The van der Waals surface area contributed by atoms with Gasteiger partial charge in [-0.1, -0.05) is 30.3 Å². The van der Waals surface area contributed by atoms with Gasteiger partial charge >= 0.3 is 5.97 Å². The molecule has 2 aromatic rings. The molecular formula is C28H38N2O5S. The van der Waals surface area contributed by atoms with Gasteiger partial charge in [0, 0.05) is 18.2 Å². The molecule has 2 N–H and O–H groups in total. The molecule has 0 aromatic heterocycles. The second kappa shape index (κ2) is 10.6. The molecule has 2 aromatic carbocycles. The first-order valence-corrected chi connectivity index (χ1v) is 14.2. The van der Waals surface area contributed by atoms with Crippen molar-refractivity contribution in [2.75, 3.05) is 24.1 Å². The highest BCUT2D eigenvalue weighted by molar-refractivity contribution is 7.92. The Balaban J connectivity index is 1.68. The van der Waals surface area contributed by atoms with Crippen molar-refractivity contribution in [3.63, 3.8) is 0 Å². The zero-order valence-electron chi connectivity index (χ0n) is 22.1. The van der Waals surface area contributed by atoms with E-state index in [0.29, 0.717) is 18.7 Å². The van der Waals surface area contributed by atoms with Gasteiger partial charge in [-0.15, -0.1) is 0 Å². The lowest BCUT2D eigenvalue weighted by Gasteiger charge is -2.23. The first-order valence-electron chi connectivity index (χ1n) is 12.3. The molecule has 1 aliphatic rings. The van der Waals surface area contributed by atoms with Crippen molar-refractivity contribution in [3.8, 4) is 0 Å². The van der Waals surface area contributed by atoms with Gasteiger partial charge in [0.05, 0.1) is 23.7 Å². The van der Waals surface area contributed by atoms with Gasteiger partial charge in [0.2, 0.25) is 15.9 Å². The summed E-state index contributed by atoms with van der Waals surface area (Å²) in [5.41, 5.74) is 3.69. The van der Waals surface area contributed by atoms with Crippen molar-refractivity contribution in [1.82, 2.24) is 5.32 Å². The van der Waals surface area contributed by atoms with E-state index in [-0.39, 0.29) is 24.4 Å². The van der Waals surface area contributed by atoms with Crippen molar-refractivity contribution in [2.24, 2.45) is 11.3 Å². The first-order chi connectivity index (χ1) is 16.7. The van der Waals surface area contributed by atoms with E-state index >= 15 is 0 Å². The minimum Gasteiger partial charge on any atom is -0.465 e. The van der Waals surface area contributed by atoms with Crippen LogP contribution in [0.15, 0.2) is 42.5 Å². The summed E-state index contributed by atoms with van der Waals surface area (Å²) in [6.45, 7) is 10.2. The van der Waals surface area contributed by atoms with E-state index in [0.717, 1.165) is 30.2 Å². The van der Waals surface area contributed by atoms with Crippen LogP contribution in [0.5, 0.6) is 0 Å². The molecule has 1 unspecified atom stereocenters. The molecule has 0 spiro atoms. The van der Waals surface area contributed by atoms with Crippen LogP contribution in [0.1, 0.15) is 55.9 Å². The van der Waals surface area contributed by atoms with Gasteiger partial charge in [-0.25, -0.2) is 8.42 Å². The molecule has 7 nitrogen and oxygen atoms in total. The van der Waals surface area contributed by atoms with E-state index in [9.17, 15) is 18.0 Å². The Morgan fingerprint density at radius 2 is 1.67 bits per heavy atom. The van der Waals surface area contributed by atoms with Crippen LogP contribution in [0.2, 0.25) is 0 Å². The van der Waals surface area contributed by atoms with Crippen LogP contribution >= 0.6 is 0 Å². The number of sulfonamides is 1. The van der Waals surface area contributed by atoms with Crippen LogP contribution in [0.3, 0.4) is 0 Å². The van der Waals surface area contributed by atoms with Crippen molar-refractivity contribution in [2.45, 2.75) is 59.3 Å². The number of nitrogens with one attached hydrogen (secondary N) is 2. The number of anilines is 1. The number of ether oxygens (including phenoxy) is 1. The van der Waals surface area contributed by atoms with E-state index in [1.54, 1.807) is 24.3 Å². The number of carbonyl (C=O) groups is 2. The molecule has 1 saturated carbocycles. The van der Waals surface area contributed by atoms with Gasteiger partial charge in [0.1, 0.15) is 0 Å². The fourth-order valence-electron chi connectivity index (χ4n) is 4.11. The lowest BCUT2D eigenvalue weighted by molar-refractivity contribution is -0.154. The Hall–Kier alpha value is -2.87. The smallest absolute Gasteiger partial charge is 0.311 e. The van der Waals surface area contributed by atoms with Crippen LogP contribution < -0.4 is 10.0 Å². The number of hydrogen-bond donors (Lipinski definition) is 2. The van der Waals surface area contributed by atoms with Crippen molar-refractivity contribution < 1.29 is 22.7 Å². The molecular weight excluding hydrogens is 476 g/mol. The van der Waals surface area contributed by atoms with E-state index in [4.69, 9.17) is 4.74 Å². The molecule has 8 heteroatoms. The fourth-order valence-corrected chi connectivity index (χ4v) is 4.68. The summed E-state index contributed by atoms with van der Waals surface area (Å²) in [5, 5.41) is 3.10. The molecule has 36 heavy (non-hydrogen) atoms. The summed E-state index contributed by atoms with van der Waals surface area (Å²) in [7, 11) is -3.36. The standard InChI is InChI=1S/C28H38N2O5S/c1-19-7-8-21(15-20(19)2)16-22(18-35-26(32)27(3,4)5)17-29-25(31)28(13-14-28)23-9-11-24(12-10-23)30-36(6,33)34/h7-12,15,22,30H,13-14,16-18H2,1-6H3,(H,29,31). The van der Waals surface area contributed by atoms with Crippen LogP contribution in [0.25, 0.3) is 0 Å². The summed E-state index contributed by atoms with van der Waals surface area (Å²) in [4.78, 5) is 25.6. The molecule has 1 aliphatic carbocycles. The van der Waals surface area contributed by atoms with Gasteiger partial charge in [-0.3, -0.25) is 14.3 Å². The highest BCUT2D eigenvalue weighted by atomic mass is 32.2. The molecule has 196 valence electrons. The number of hydrogen-bond acceptors (Lipinski definition) is 5. The van der Waals surface area contributed by atoms with E-state index in [2.05, 4.69) is 42.1 Å². The highest BCUT2D eigenvalue weighted by Gasteiger charge is 2.51. The lowest BCUT2D eigenvalue weighted by atomic mass is 9.93. The topological polar surface area (TPSA) is 102 Å². The Labute approximate surface area is 215 Å². The molecule has 0 saturated heterocycles. The minimum absolute atomic E-state index is 0.0569. The van der Waals surface area contributed by atoms with Crippen molar-refractivity contribution >= 4 is 27.6 Å². The predicted molar refractivity (Wildman–Crippen MR) is 142 cm³/mol. The maximum atomic E-state index is 13.3. The third-order valence-corrected chi connectivity index (χ3v) is 7.24. The zero-order chi connectivity index (χ0) is 26.7. The Bertz CT molecular complexity index is 1210. The average molecular weight is 515 g/mol. The second-order valence-electron chi connectivity index (χ2n) is 11.1. The molecule has 1 amide bonds. The quantitative estimate of drug-likeness (QED) is 0.461. The van der Waals surface area contributed by atoms with Gasteiger partial charge < -0.3 is 10.1 Å². The SMILES string of the molecule is Cc1ccc(CC(CNC(=O)C2(c3ccc(NS(C)(=O)=O)cc3)CC2)COC(=O)C(C)(C)C)cc1C. The molecule has 0 bridgehead atoms. The van der Waals surface area contributed by atoms with Crippen molar-refractivity contribution in [3.05, 3.63) is 64.7 Å². The predicted octanol–water partition coefficient (Wildman–Crippen LogP) is 4.27. The van der Waals surface area contributed by atoms with Crippen LogP contribution in [0.4, 0.5) is 5.69 Å². The normalized spacial score (nSPS) is 15.6. The molecule has 1 atom stereocenters. The molecule has 3 rings (SSSR count). The largest absolute Gasteiger partial charge is 0.465 e. The summed E-state index contributed by atoms with van der Waals surface area (Å²) < 4.78 is 31.0. The van der Waals surface area contributed by atoms with Gasteiger partial charge in [0.15, 0.2) is 0 Å². The molecule has 1 fully saturated rings. The number of amides is 1. The fraction of sp³-hybridized carbons (Fsp3) is 0.500. The Morgan fingerprint density at radius 3 is 2.19 bits per heavy atom. The third kappa shape index (κ3) is 7.32. The van der Waals surface area contributed by atoms with Crippen LogP contribution in [-0.4, -0.2) is 39.7 Å². The number of carbonyl (C=O) groups excluding carboxylic acids is 2. The van der Waals surface area contributed by atoms with Gasteiger partial charge in [-0.05, 0) is 88.3 Å². The summed E-state index contributed by atoms with van der Waals surface area (Å²) >= 11 is 0. The number of aryl methyl sites for hydroxylation is 2. The van der Waals surface area contributed by atoms with Crippen LogP contribution in [0, 0.1) is 25.2 Å². The average Bonchev–Trinajstić information content (AvgIpc) is 3.58. The molecule has 0 aliphatic heterocycles. The number of benzene rings is 2. The molecule has 0 radical (unpaired) electrons. The maximum Gasteiger partial charge on any atom is 0.311 e. The van der Waals surface area contributed by atoms with Crippen LogP contribution in [-0.2, 0) is 36.2 Å². The maximum absolute atomic E-state index is 13.3. The monoisotopic (exact) mass is 514 g/mol. The van der Waals surface area contributed by atoms with Crippen molar-refractivity contribution in [1.29, 1.82) is 0 Å². The second-order valence-corrected chi connectivity index (χ2v) is 12.8. The summed E-state index contributed by atoms with van der Waals surface area (Å²) in [6, 6.07) is 13.3. The summed E-state index contributed by atoms with van der Waals surface area (Å²) in [6.07, 6.45) is 3.25. The summed E-state index contributed by atoms with van der Waals surface area (Å²) in [5.74, 6) is -0.390. The zero-order valence-corrected chi connectivity index (χ0v) is 22.9.